The van der Waals surface area contributed by atoms with Crippen molar-refractivity contribution in [3.05, 3.63) is 41.5 Å². The Hall–Kier alpha value is -1.77. The van der Waals surface area contributed by atoms with E-state index < -0.39 is 0 Å². The third kappa shape index (κ3) is 3.60. The highest BCUT2D eigenvalue weighted by Crippen LogP contribution is 2.26. The minimum atomic E-state index is 0.0284. The minimum absolute atomic E-state index is 0.0284. The zero-order valence-electron chi connectivity index (χ0n) is 11.6. The van der Waals surface area contributed by atoms with Gasteiger partial charge in [0.25, 0.3) is 0 Å². The van der Waals surface area contributed by atoms with Crippen LogP contribution in [0.4, 0.5) is 0 Å². The number of allylic oxidation sites excluding steroid dienone is 1. The summed E-state index contributed by atoms with van der Waals surface area (Å²) in [4.78, 5) is 11.8. The van der Waals surface area contributed by atoms with Gasteiger partial charge in [-0.2, -0.15) is 0 Å². The Morgan fingerprint density at radius 3 is 3.05 bits per heavy atom. The molecule has 1 aliphatic heterocycles. The first-order chi connectivity index (χ1) is 9.20. The van der Waals surface area contributed by atoms with Crippen LogP contribution in [0.1, 0.15) is 25.8 Å². The highest BCUT2D eigenvalue weighted by Gasteiger charge is 2.19. The molecular weight excluding hydrogens is 238 g/mol. The molecular formula is C16H21NO2. The lowest BCUT2D eigenvalue weighted by atomic mass is 9.96. The second kappa shape index (κ2) is 6.41. The van der Waals surface area contributed by atoms with Crippen LogP contribution in [0.25, 0.3) is 0 Å². The second-order valence-electron chi connectivity index (χ2n) is 4.99. The number of fused-ring (bicyclic) bond motifs is 1. The van der Waals surface area contributed by atoms with Gasteiger partial charge >= 0.3 is 0 Å². The number of carbonyl (C=O) groups excluding carboxylic acids is 1. The SMILES string of the molecule is CC/C=C(/C)C(=O)NC[C@H]1COc2ccccc2C1. The number of ether oxygens (including phenoxy) is 1. The number of hydrogen-bond donors (Lipinski definition) is 1. The minimum Gasteiger partial charge on any atom is -0.493 e. The highest BCUT2D eigenvalue weighted by molar-refractivity contribution is 5.92. The maximum absolute atomic E-state index is 11.8. The molecule has 0 bridgehead atoms. The lowest BCUT2D eigenvalue weighted by Gasteiger charge is -2.25. The Morgan fingerprint density at radius 1 is 1.47 bits per heavy atom. The normalized spacial score (nSPS) is 18.4. The molecule has 19 heavy (non-hydrogen) atoms. The molecule has 0 aliphatic carbocycles. The molecule has 0 unspecified atom stereocenters. The zero-order valence-corrected chi connectivity index (χ0v) is 11.6. The van der Waals surface area contributed by atoms with Crippen LogP contribution in [0.3, 0.4) is 0 Å². The largest absolute Gasteiger partial charge is 0.493 e. The smallest absolute Gasteiger partial charge is 0.246 e. The zero-order chi connectivity index (χ0) is 13.7. The molecule has 0 aromatic heterocycles. The highest BCUT2D eigenvalue weighted by atomic mass is 16.5. The molecule has 3 nitrogen and oxygen atoms in total. The van der Waals surface area contributed by atoms with Gasteiger partial charge in [-0.1, -0.05) is 31.2 Å². The predicted octanol–water partition coefficient (Wildman–Crippen LogP) is 2.71. The summed E-state index contributed by atoms with van der Waals surface area (Å²) in [5.41, 5.74) is 2.02. The summed E-state index contributed by atoms with van der Waals surface area (Å²) in [6, 6.07) is 8.10. The first-order valence-electron chi connectivity index (χ1n) is 6.86. The number of hydrogen-bond acceptors (Lipinski definition) is 2. The number of nitrogens with one attached hydrogen (secondary N) is 1. The molecule has 1 heterocycles. The standard InChI is InChI=1S/C16H21NO2/c1-3-6-12(2)16(18)17-10-13-9-14-7-4-5-8-15(14)19-11-13/h4-8,13H,3,9-11H2,1-2H3,(H,17,18)/b12-6-/t13-/m0/s1. The van der Waals surface area contributed by atoms with Crippen LogP contribution < -0.4 is 10.1 Å². The van der Waals surface area contributed by atoms with E-state index in [0.29, 0.717) is 19.1 Å². The van der Waals surface area contributed by atoms with E-state index in [4.69, 9.17) is 4.74 Å². The van der Waals surface area contributed by atoms with Crippen LogP contribution in [0.2, 0.25) is 0 Å². The van der Waals surface area contributed by atoms with Crippen molar-refractivity contribution in [1.82, 2.24) is 5.32 Å². The van der Waals surface area contributed by atoms with Crippen LogP contribution in [0, 0.1) is 5.92 Å². The van der Waals surface area contributed by atoms with Gasteiger partial charge in [-0.05, 0) is 31.4 Å². The van der Waals surface area contributed by atoms with Crippen molar-refractivity contribution >= 4 is 5.91 Å². The number of amides is 1. The van der Waals surface area contributed by atoms with Crippen LogP contribution in [-0.2, 0) is 11.2 Å². The van der Waals surface area contributed by atoms with Crippen molar-refractivity contribution in [2.24, 2.45) is 5.92 Å². The van der Waals surface area contributed by atoms with Crippen LogP contribution in [0.15, 0.2) is 35.9 Å². The van der Waals surface area contributed by atoms with Crippen LogP contribution in [-0.4, -0.2) is 19.1 Å². The van der Waals surface area contributed by atoms with E-state index in [9.17, 15) is 4.79 Å². The van der Waals surface area contributed by atoms with Crippen molar-refractivity contribution in [3.8, 4) is 5.75 Å². The third-order valence-corrected chi connectivity index (χ3v) is 3.38. The Labute approximate surface area is 114 Å². The second-order valence-corrected chi connectivity index (χ2v) is 4.99. The Kier molecular flexibility index (Phi) is 4.61. The van der Waals surface area contributed by atoms with Crippen molar-refractivity contribution in [3.63, 3.8) is 0 Å². The number of rotatable bonds is 4. The topological polar surface area (TPSA) is 38.3 Å². The summed E-state index contributed by atoms with van der Waals surface area (Å²) in [5.74, 6) is 1.36. The quantitative estimate of drug-likeness (QED) is 0.844. The van der Waals surface area contributed by atoms with E-state index in [1.54, 1.807) is 0 Å². The summed E-state index contributed by atoms with van der Waals surface area (Å²) in [5, 5.41) is 2.98. The van der Waals surface area contributed by atoms with Gasteiger partial charge in [0.15, 0.2) is 0 Å². The molecule has 2 rings (SSSR count). The molecule has 102 valence electrons. The molecule has 1 amide bonds. The molecule has 1 aliphatic rings. The van der Waals surface area contributed by atoms with Gasteiger partial charge in [0.2, 0.25) is 5.91 Å². The Balaban J connectivity index is 1.86. The van der Waals surface area contributed by atoms with Crippen LogP contribution >= 0.6 is 0 Å². The lowest BCUT2D eigenvalue weighted by Crippen LogP contribution is -2.35. The molecule has 1 N–H and O–H groups in total. The molecule has 0 saturated carbocycles. The van der Waals surface area contributed by atoms with E-state index >= 15 is 0 Å². The van der Waals surface area contributed by atoms with E-state index in [2.05, 4.69) is 11.4 Å². The first kappa shape index (κ1) is 13.7. The van der Waals surface area contributed by atoms with Crippen molar-refractivity contribution < 1.29 is 9.53 Å². The maximum atomic E-state index is 11.8. The summed E-state index contributed by atoms with van der Waals surface area (Å²) >= 11 is 0. The fourth-order valence-corrected chi connectivity index (χ4v) is 2.30. The van der Waals surface area contributed by atoms with Gasteiger partial charge in [0.05, 0.1) is 6.61 Å². The van der Waals surface area contributed by atoms with Gasteiger partial charge in [0.1, 0.15) is 5.75 Å². The number of para-hydroxylation sites is 1. The molecule has 1 atom stereocenters. The van der Waals surface area contributed by atoms with Gasteiger partial charge in [0, 0.05) is 18.0 Å². The summed E-state index contributed by atoms with van der Waals surface area (Å²) < 4.78 is 5.71. The molecule has 1 aromatic rings. The Bertz CT molecular complexity index is 479. The van der Waals surface area contributed by atoms with Gasteiger partial charge < -0.3 is 10.1 Å². The van der Waals surface area contributed by atoms with E-state index in [1.165, 1.54) is 5.56 Å². The summed E-state index contributed by atoms with van der Waals surface area (Å²) in [7, 11) is 0. The van der Waals surface area contributed by atoms with E-state index in [1.807, 2.05) is 38.1 Å². The van der Waals surface area contributed by atoms with E-state index in [0.717, 1.165) is 24.2 Å². The maximum Gasteiger partial charge on any atom is 0.246 e. The molecule has 0 spiro atoms. The fourth-order valence-electron chi connectivity index (χ4n) is 2.30. The van der Waals surface area contributed by atoms with Crippen LogP contribution in [0.5, 0.6) is 5.75 Å². The molecule has 0 radical (unpaired) electrons. The van der Waals surface area contributed by atoms with Crippen molar-refractivity contribution in [1.29, 1.82) is 0 Å². The lowest BCUT2D eigenvalue weighted by molar-refractivity contribution is -0.117. The van der Waals surface area contributed by atoms with Crippen molar-refractivity contribution in [2.75, 3.05) is 13.2 Å². The Morgan fingerprint density at radius 2 is 2.26 bits per heavy atom. The molecule has 3 heteroatoms. The number of carbonyl (C=O) groups is 1. The summed E-state index contributed by atoms with van der Waals surface area (Å²) in [6.07, 6.45) is 3.80. The van der Waals surface area contributed by atoms with Gasteiger partial charge in [-0.3, -0.25) is 4.79 Å². The van der Waals surface area contributed by atoms with E-state index in [-0.39, 0.29) is 5.91 Å². The third-order valence-electron chi connectivity index (χ3n) is 3.38. The fraction of sp³-hybridized carbons (Fsp3) is 0.438. The number of benzene rings is 1. The average molecular weight is 259 g/mol. The average Bonchev–Trinajstić information content (AvgIpc) is 2.44. The van der Waals surface area contributed by atoms with Gasteiger partial charge in [-0.25, -0.2) is 0 Å². The molecule has 1 aromatic carbocycles. The molecule has 0 saturated heterocycles. The monoisotopic (exact) mass is 259 g/mol. The molecule has 0 fully saturated rings. The predicted molar refractivity (Wildman–Crippen MR) is 76.2 cm³/mol. The van der Waals surface area contributed by atoms with Crippen molar-refractivity contribution in [2.45, 2.75) is 26.7 Å². The first-order valence-corrected chi connectivity index (χ1v) is 6.86. The van der Waals surface area contributed by atoms with Gasteiger partial charge in [-0.15, -0.1) is 0 Å². The summed E-state index contributed by atoms with van der Waals surface area (Å²) in [6.45, 7) is 5.23.